The Morgan fingerprint density at radius 3 is 2.38 bits per heavy atom. The molecule has 1 aliphatic rings. The highest BCUT2D eigenvalue weighted by Crippen LogP contribution is 2.28. The monoisotopic (exact) mass is 342 g/mol. The van der Waals surface area contributed by atoms with Gasteiger partial charge in [-0.3, -0.25) is 9.59 Å². The molecule has 24 heavy (non-hydrogen) atoms. The number of carbonyl (C=O) groups is 2. The second-order valence-electron chi connectivity index (χ2n) is 5.32. The minimum Gasteiger partial charge on any atom is -0.497 e. The van der Waals surface area contributed by atoms with Crippen LogP contribution in [0.15, 0.2) is 53.5 Å². The summed E-state index contributed by atoms with van der Waals surface area (Å²) < 4.78 is 5.08. The molecule has 1 unspecified atom stereocenters. The Kier molecular flexibility index (Phi) is 4.36. The van der Waals surface area contributed by atoms with Crippen LogP contribution in [-0.4, -0.2) is 30.0 Å². The Morgan fingerprint density at radius 2 is 1.75 bits per heavy atom. The van der Waals surface area contributed by atoms with Gasteiger partial charge in [0.1, 0.15) is 11.5 Å². The molecule has 2 amide bonds. The molecule has 0 saturated carbocycles. The van der Waals surface area contributed by atoms with Gasteiger partial charge < -0.3 is 4.74 Å². The van der Waals surface area contributed by atoms with Gasteiger partial charge in [-0.2, -0.15) is 0 Å². The molecule has 0 radical (unpaired) electrons. The van der Waals surface area contributed by atoms with E-state index in [0.29, 0.717) is 17.1 Å². The number of benzene rings is 2. The molecule has 5 nitrogen and oxygen atoms in total. The van der Waals surface area contributed by atoms with Crippen molar-refractivity contribution in [2.75, 3.05) is 12.0 Å². The minimum atomic E-state index is -1.10. The number of halogens is 1. The molecule has 1 atom stereocenters. The normalized spacial score (nSPS) is 19.2. The van der Waals surface area contributed by atoms with E-state index in [1.807, 2.05) is 25.1 Å². The maximum atomic E-state index is 12.7. The van der Waals surface area contributed by atoms with Crippen LogP contribution in [0, 0.1) is 6.92 Å². The minimum absolute atomic E-state index is 0.0341. The van der Waals surface area contributed by atoms with Gasteiger partial charge in [0.2, 0.25) is 0 Å². The molecule has 0 aromatic heterocycles. The number of para-hydroxylation sites is 1. The van der Waals surface area contributed by atoms with Crippen LogP contribution in [0.3, 0.4) is 0 Å². The van der Waals surface area contributed by atoms with Gasteiger partial charge in [0.15, 0.2) is 5.38 Å². The smallest absolute Gasteiger partial charge is 0.281 e. The van der Waals surface area contributed by atoms with Gasteiger partial charge in [-0.25, -0.2) is 9.89 Å². The molecule has 0 aliphatic carbocycles. The zero-order valence-corrected chi connectivity index (χ0v) is 13.9. The van der Waals surface area contributed by atoms with Gasteiger partial charge in [0.25, 0.3) is 11.8 Å². The molecule has 1 fully saturated rings. The number of ether oxygens (including phenoxy) is 1. The van der Waals surface area contributed by atoms with Gasteiger partial charge in [0, 0.05) is 0 Å². The van der Waals surface area contributed by atoms with Crippen LogP contribution in [0.1, 0.15) is 5.56 Å². The number of hydrogen-bond donors (Lipinski definition) is 0. The molecule has 2 aromatic carbocycles. The van der Waals surface area contributed by atoms with Gasteiger partial charge in [-0.1, -0.05) is 18.2 Å². The van der Waals surface area contributed by atoms with Crippen molar-refractivity contribution in [2.24, 2.45) is 4.99 Å². The maximum absolute atomic E-state index is 12.7. The van der Waals surface area contributed by atoms with Crippen molar-refractivity contribution in [1.82, 2.24) is 0 Å². The number of imide groups is 1. The number of rotatable bonds is 3. The zero-order valence-electron chi connectivity index (χ0n) is 13.2. The summed E-state index contributed by atoms with van der Waals surface area (Å²) in [5, 5.41) is -1.10. The number of anilines is 1. The highest BCUT2D eigenvalue weighted by molar-refractivity contribution is 6.68. The SMILES string of the molecule is COc1ccc(N2C(=O)C(=Nc3ccccc3C)C(Cl)C2=O)cc1. The van der Waals surface area contributed by atoms with Crippen LogP contribution >= 0.6 is 11.6 Å². The van der Waals surface area contributed by atoms with Crippen molar-refractivity contribution < 1.29 is 14.3 Å². The topological polar surface area (TPSA) is 59.0 Å². The van der Waals surface area contributed by atoms with Crippen molar-refractivity contribution in [2.45, 2.75) is 12.3 Å². The maximum Gasteiger partial charge on any atom is 0.281 e. The molecule has 0 N–H and O–H groups in total. The Bertz CT molecular complexity index is 830. The zero-order chi connectivity index (χ0) is 17.3. The van der Waals surface area contributed by atoms with Gasteiger partial charge in [0.05, 0.1) is 18.5 Å². The van der Waals surface area contributed by atoms with Gasteiger partial charge >= 0.3 is 0 Å². The first-order valence-corrected chi connectivity index (χ1v) is 7.77. The Hall–Kier alpha value is -2.66. The summed E-state index contributed by atoms with van der Waals surface area (Å²) in [6.45, 7) is 1.88. The summed E-state index contributed by atoms with van der Waals surface area (Å²) >= 11 is 6.16. The van der Waals surface area contributed by atoms with E-state index in [1.54, 1.807) is 37.4 Å². The molecule has 6 heteroatoms. The average molecular weight is 343 g/mol. The number of aliphatic imine (C=N–C) groups is 1. The number of nitrogens with zero attached hydrogens (tertiary/aromatic N) is 2. The van der Waals surface area contributed by atoms with E-state index in [4.69, 9.17) is 16.3 Å². The van der Waals surface area contributed by atoms with Crippen molar-refractivity contribution in [1.29, 1.82) is 0 Å². The van der Waals surface area contributed by atoms with E-state index in [-0.39, 0.29) is 5.71 Å². The third-order valence-electron chi connectivity index (χ3n) is 3.79. The van der Waals surface area contributed by atoms with E-state index in [9.17, 15) is 9.59 Å². The lowest BCUT2D eigenvalue weighted by Gasteiger charge is -2.13. The number of methoxy groups -OCH3 is 1. The van der Waals surface area contributed by atoms with E-state index in [2.05, 4.69) is 4.99 Å². The van der Waals surface area contributed by atoms with Gasteiger partial charge in [-0.15, -0.1) is 11.6 Å². The fraction of sp³-hybridized carbons (Fsp3) is 0.167. The molecular formula is C18H15ClN2O3. The van der Waals surface area contributed by atoms with E-state index in [1.165, 1.54) is 0 Å². The van der Waals surface area contributed by atoms with Crippen LogP contribution in [0.25, 0.3) is 0 Å². The molecule has 122 valence electrons. The molecule has 1 heterocycles. The quantitative estimate of drug-likeness (QED) is 0.635. The largest absolute Gasteiger partial charge is 0.497 e. The lowest BCUT2D eigenvalue weighted by Crippen LogP contribution is -2.31. The summed E-state index contributed by atoms with van der Waals surface area (Å²) in [5.41, 5.74) is 1.99. The van der Waals surface area contributed by atoms with Crippen LogP contribution in [0.5, 0.6) is 5.75 Å². The predicted octanol–water partition coefficient (Wildman–Crippen LogP) is 3.26. The number of hydrogen-bond acceptors (Lipinski definition) is 4. The van der Waals surface area contributed by atoms with Crippen LogP contribution < -0.4 is 9.64 Å². The highest BCUT2D eigenvalue weighted by Gasteiger charge is 2.44. The summed E-state index contributed by atoms with van der Waals surface area (Å²) in [6, 6.07) is 14.0. The molecule has 2 aromatic rings. The first-order valence-electron chi connectivity index (χ1n) is 7.33. The van der Waals surface area contributed by atoms with Crippen molar-refractivity contribution in [3.63, 3.8) is 0 Å². The van der Waals surface area contributed by atoms with Crippen molar-refractivity contribution >= 4 is 40.5 Å². The molecular weight excluding hydrogens is 328 g/mol. The van der Waals surface area contributed by atoms with E-state index >= 15 is 0 Å². The van der Waals surface area contributed by atoms with E-state index in [0.717, 1.165) is 10.5 Å². The third-order valence-corrected chi connectivity index (χ3v) is 4.18. The summed E-state index contributed by atoms with van der Waals surface area (Å²) in [6.07, 6.45) is 0. The third kappa shape index (κ3) is 2.78. The number of amides is 2. The fourth-order valence-electron chi connectivity index (χ4n) is 2.45. The van der Waals surface area contributed by atoms with E-state index < -0.39 is 17.2 Å². The molecule has 1 saturated heterocycles. The second-order valence-corrected chi connectivity index (χ2v) is 5.76. The summed E-state index contributed by atoms with van der Waals surface area (Å²) in [4.78, 5) is 30.5. The lowest BCUT2D eigenvalue weighted by molar-refractivity contribution is -0.120. The molecule has 0 bridgehead atoms. The first-order chi connectivity index (χ1) is 11.5. The Labute approximate surface area is 144 Å². The number of aryl methyl sites for hydroxylation is 1. The fourth-order valence-corrected chi connectivity index (χ4v) is 2.69. The first kappa shape index (κ1) is 16.2. The molecule has 1 aliphatic heterocycles. The average Bonchev–Trinajstić information content (AvgIpc) is 2.80. The summed E-state index contributed by atoms with van der Waals surface area (Å²) in [5.74, 6) is -0.373. The molecule has 0 spiro atoms. The second kappa shape index (κ2) is 6.45. The van der Waals surface area contributed by atoms with Gasteiger partial charge in [-0.05, 0) is 42.8 Å². The van der Waals surface area contributed by atoms with Crippen molar-refractivity contribution in [3.8, 4) is 5.75 Å². The van der Waals surface area contributed by atoms with Crippen LogP contribution in [-0.2, 0) is 9.59 Å². The number of carbonyl (C=O) groups excluding carboxylic acids is 2. The molecule has 3 rings (SSSR count). The summed E-state index contributed by atoms with van der Waals surface area (Å²) in [7, 11) is 1.54. The van der Waals surface area contributed by atoms with Crippen molar-refractivity contribution in [3.05, 3.63) is 54.1 Å². The van der Waals surface area contributed by atoms with Crippen LogP contribution in [0.4, 0.5) is 11.4 Å². The standard InChI is InChI=1S/C18H15ClN2O3/c1-11-5-3-4-6-14(11)20-16-15(19)17(22)21(18(16)23)12-7-9-13(24-2)10-8-12/h3-10,15H,1-2H3. The highest BCUT2D eigenvalue weighted by atomic mass is 35.5. The Morgan fingerprint density at radius 1 is 1.08 bits per heavy atom. The Balaban J connectivity index is 1.98. The number of alkyl halides is 1. The lowest BCUT2D eigenvalue weighted by atomic mass is 10.2. The van der Waals surface area contributed by atoms with Crippen LogP contribution in [0.2, 0.25) is 0 Å². The predicted molar refractivity (Wildman–Crippen MR) is 93.4 cm³/mol.